The van der Waals surface area contributed by atoms with Gasteiger partial charge in [0, 0.05) is 43.4 Å². The predicted octanol–water partition coefficient (Wildman–Crippen LogP) is 4.16. The number of carbonyl (C=O) groups excluding carboxylic acids is 2. The Hall–Kier alpha value is -2.98. The lowest BCUT2D eigenvalue weighted by molar-refractivity contribution is 0.116. The minimum Gasteiger partial charge on any atom is -0.410 e. The number of ether oxygens (including phenoxy) is 2. The number of nitrogens with one attached hydrogen (secondary N) is 2. The molecule has 2 aromatic carbocycles. The van der Waals surface area contributed by atoms with E-state index in [1.54, 1.807) is 51.5 Å². The molecule has 30 heavy (non-hydrogen) atoms. The van der Waals surface area contributed by atoms with Crippen LogP contribution in [-0.4, -0.2) is 43.1 Å². The molecule has 0 aromatic heterocycles. The quantitative estimate of drug-likeness (QED) is 0.661. The van der Waals surface area contributed by atoms with Crippen molar-refractivity contribution in [3.05, 3.63) is 53.3 Å². The largest absolute Gasteiger partial charge is 0.416 e. The molecule has 10 heteroatoms. The van der Waals surface area contributed by atoms with Crippen molar-refractivity contribution in [2.75, 3.05) is 25.9 Å². The Labute approximate surface area is 178 Å². The van der Waals surface area contributed by atoms with E-state index in [1.165, 1.54) is 15.9 Å². The molecule has 0 bridgehead atoms. The SMILES string of the molecule is CNSNc1cccc(CN2C(=O)Oc3cc(OC(=O)N(C)C)ccc3C2C)c1F. The molecule has 1 aliphatic heterocycles. The number of carbonyl (C=O) groups is 2. The summed E-state index contributed by atoms with van der Waals surface area (Å²) in [6.45, 7) is 1.88. The number of rotatable bonds is 6. The first kappa shape index (κ1) is 21.7. The first-order valence-electron chi connectivity index (χ1n) is 9.19. The number of amides is 2. The summed E-state index contributed by atoms with van der Waals surface area (Å²) in [5, 5.41) is 0. The number of nitrogens with zero attached hydrogens (tertiary/aromatic N) is 2. The molecule has 3 rings (SSSR count). The maximum atomic E-state index is 14.8. The van der Waals surface area contributed by atoms with Crippen LogP contribution < -0.4 is 18.9 Å². The summed E-state index contributed by atoms with van der Waals surface area (Å²) in [6.07, 6.45) is -1.14. The van der Waals surface area contributed by atoms with Gasteiger partial charge in [0.25, 0.3) is 0 Å². The van der Waals surface area contributed by atoms with Crippen molar-refractivity contribution in [1.29, 1.82) is 0 Å². The van der Waals surface area contributed by atoms with E-state index in [0.717, 1.165) is 17.7 Å². The van der Waals surface area contributed by atoms with Gasteiger partial charge in [-0.25, -0.2) is 18.7 Å². The maximum absolute atomic E-state index is 14.8. The number of fused-ring (bicyclic) bond motifs is 1. The minimum atomic E-state index is -0.603. The van der Waals surface area contributed by atoms with Crippen LogP contribution in [0.15, 0.2) is 36.4 Å². The molecule has 160 valence electrons. The summed E-state index contributed by atoms with van der Waals surface area (Å²) in [5.41, 5.74) is 1.41. The van der Waals surface area contributed by atoms with E-state index in [0.29, 0.717) is 17.0 Å². The summed E-state index contributed by atoms with van der Waals surface area (Å²) in [6, 6.07) is 9.47. The summed E-state index contributed by atoms with van der Waals surface area (Å²) in [4.78, 5) is 27.1. The molecule has 1 unspecified atom stereocenters. The Morgan fingerprint density at radius 1 is 1.33 bits per heavy atom. The fraction of sp³-hybridized carbons (Fsp3) is 0.300. The number of anilines is 1. The highest BCUT2D eigenvalue weighted by Crippen LogP contribution is 2.38. The van der Waals surface area contributed by atoms with E-state index in [2.05, 4.69) is 9.44 Å². The van der Waals surface area contributed by atoms with Crippen molar-refractivity contribution in [3.8, 4) is 11.5 Å². The van der Waals surface area contributed by atoms with Crippen LogP contribution >= 0.6 is 12.1 Å². The molecule has 2 amide bonds. The Balaban J connectivity index is 1.80. The van der Waals surface area contributed by atoms with Crippen LogP contribution in [0.2, 0.25) is 0 Å². The van der Waals surface area contributed by atoms with Crippen LogP contribution in [0.1, 0.15) is 24.1 Å². The van der Waals surface area contributed by atoms with Gasteiger partial charge < -0.3 is 19.1 Å². The second-order valence-corrected chi connectivity index (χ2v) is 7.64. The molecule has 0 spiro atoms. The van der Waals surface area contributed by atoms with Gasteiger partial charge in [-0.2, -0.15) is 0 Å². The molecular formula is C20H23FN4O4S. The van der Waals surface area contributed by atoms with E-state index < -0.39 is 18.0 Å². The number of hydrogen-bond acceptors (Lipinski definition) is 7. The zero-order chi connectivity index (χ0) is 21.8. The van der Waals surface area contributed by atoms with Crippen LogP contribution in [0.25, 0.3) is 0 Å². The van der Waals surface area contributed by atoms with Gasteiger partial charge in [0.1, 0.15) is 11.5 Å². The molecule has 1 aliphatic rings. The van der Waals surface area contributed by atoms with Crippen molar-refractivity contribution >= 4 is 30.0 Å². The molecular weight excluding hydrogens is 411 g/mol. The van der Waals surface area contributed by atoms with E-state index in [1.807, 2.05) is 6.92 Å². The standard InChI is InChI=1S/C20H23FN4O4S/c1-12-15-9-8-14(28-19(26)24(3)4)10-17(15)29-20(27)25(12)11-13-6-5-7-16(18(13)21)23-30-22-2/h5-10,12,22-23H,11H2,1-4H3. The van der Waals surface area contributed by atoms with Crippen molar-refractivity contribution in [3.63, 3.8) is 0 Å². The van der Waals surface area contributed by atoms with Gasteiger partial charge in [-0.1, -0.05) is 12.1 Å². The maximum Gasteiger partial charge on any atom is 0.416 e. The zero-order valence-corrected chi connectivity index (χ0v) is 17.9. The normalized spacial score (nSPS) is 15.3. The molecule has 8 nitrogen and oxygen atoms in total. The molecule has 1 heterocycles. The molecule has 2 aromatic rings. The number of halogens is 1. The molecule has 2 N–H and O–H groups in total. The lowest BCUT2D eigenvalue weighted by atomic mass is 10.0. The third-order valence-electron chi connectivity index (χ3n) is 4.59. The summed E-state index contributed by atoms with van der Waals surface area (Å²) in [5.74, 6) is 0.152. The van der Waals surface area contributed by atoms with Crippen LogP contribution in [0.4, 0.5) is 19.7 Å². The van der Waals surface area contributed by atoms with Gasteiger partial charge in [0.2, 0.25) is 0 Å². The summed E-state index contributed by atoms with van der Waals surface area (Å²) < 4.78 is 31.1. The van der Waals surface area contributed by atoms with Crippen LogP contribution in [0.3, 0.4) is 0 Å². The molecule has 0 radical (unpaired) electrons. The van der Waals surface area contributed by atoms with E-state index in [9.17, 15) is 14.0 Å². The van der Waals surface area contributed by atoms with Crippen molar-refractivity contribution in [1.82, 2.24) is 14.5 Å². The molecule has 0 saturated carbocycles. The third kappa shape index (κ3) is 4.60. The Kier molecular flexibility index (Phi) is 6.68. The van der Waals surface area contributed by atoms with Crippen LogP contribution in [0, 0.1) is 5.82 Å². The van der Waals surface area contributed by atoms with Gasteiger partial charge in [-0.05, 0) is 32.2 Å². The summed E-state index contributed by atoms with van der Waals surface area (Å²) >= 11 is 1.15. The fourth-order valence-electron chi connectivity index (χ4n) is 2.95. The highest BCUT2D eigenvalue weighted by Gasteiger charge is 2.32. The first-order chi connectivity index (χ1) is 14.3. The van der Waals surface area contributed by atoms with Crippen molar-refractivity contribution < 1.29 is 23.5 Å². The zero-order valence-electron chi connectivity index (χ0n) is 17.1. The van der Waals surface area contributed by atoms with Gasteiger partial charge in [0.15, 0.2) is 5.82 Å². The van der Waals surface area contributed by atoms with Crippen LogP contribution in [-0.2, 0) is 6.54 Å². The second-order valence-electron chi connectivity index (χ2n) is 6.82. The number of benzene rings is 2. The van der Waals surface area contributed by atoms with E-state index >= 15 is 0 Å². The highest BCUT2D eigenvalue weighted by atomic mass is 32.2. The second kappa shape index (κ2) is 9.23. The van der Waals surface area contributed by atoms with Gasteiger partial charge >= 0.3 is 12.2 Å². The molecule has 0 fully saturated rings. The summed E-state index contributed by atoms with van der Waals surface area (Å²) in [7, 11) is 4.86. The van der Waals surface area contributed by atoms with Gasteiger partial charge in [0.05, 0.1) is 18.3 Å². The van der Waals surface area contributed by atoms with Gasteiger partial charge in [-0.15, -0.1) is 0 Å². The average Bonchev–Trinajstić information content (AvgIpc) is 2.71. The Morgan fingerprint density at radius 3 is 2.80 bits per heavy atom. The molecule has 0 saturated heterocycles. The smallest absolute Gasteiger partial charge is 0.410 e. The molecule has 0 aliphatic carbocycles. The lowest BCUT2D eigenvalue weighted by Gasteiger charge is -2.34. The highest BCUT2D eigenvalue weighted by molar-refractivity contribution is 7.98. The predicted molar refractivity (Wildman–Crippen MR) is 113 cm³/mol. The lowest BCUT2D eigenvalue weighted by Crippen LogP contribution is -2.39. The first-order valence-corrected chi connectivity index (χ1v) is 10.0. The van der Waals surface area contributed by atoms with Gasteiger partial charge in [-0.3, -0.25) is 4.90 Å². The Morgan fingerprint density at radius 2 is 2.10 bits per heavy atom. The van der Waals surface area contributed by atoms with Crippen molar-refractivity contribution in [2.45, 2.75) is 19.5 Å². The fourth-order valence-corrected chi connectivity index (χ4v) is 3.32. The Bertz CT molecular complexity index is 956. The average molecular weight is 434 g/mol. The third-order valence-corrected chi connectivity index (χ3v) is 5.11. The molecule has 1 atom stereocenters. The van der Waals surface area contributed by atoms with E-state index in [-0.39, 0.29) is 18.3 Å². The topological polar surface area (TPSA) is 83.1 Å². The number of hydrogen-bond donors (Lipinski definition) is 2. The van der Waals surface area contributed by atoms with Crippen LogP contribution in [0.5, 0.6) is 11.5 Å². The van der Waals surface area contributed by atoms with Crippen molar-refractivity contribution in [2.24, 2.45) is 0 Å². The monoisotopic (exact) mass is 434 g/mol. The minimum absolute atomic E-state index is 0.0440. The van der Waals surface area contributed by atoms with E-state index in [4.69, 9.17) is 9.47 Å².